The number of rotatable bonds is 2. The third-order valence-corrected chi connectivity index (χ3v) is 2.31. The fourth-order valence-corrected chi connectivity index (χ4v) is 1.31. The molecule has 0 bridgehead atoms. The van der Waals surface area contributed by atoms with Crippen LogP contribution in [0.1, 0.15) is 12.5 Å². The molecule has 2 nitrogen and oxygen atoms in total. The Hall–Kier alpha value is -0.540. The number of halogens is 1. The predicted molar refractivity (Wildman–Crippen MR) is 53.9 cm³/mol. The van der Waals surface area contributed by atoms with E-state index >= 15 is 0 Å². The minimum Gasteiger partial charge on any atom is -0.398 e. The van der Waals surface area contributed by atoms with Crippen LogP contribution in [0.3, 0.4) is 0 Å². The third kappa shape index (κ3) is 2.50. The van der Waals surface area contributed by atoms with Crippen LogP contribution in [0, 0.1) is 0 Å². The second-order valence-corrected chi connectivity index (χ2v) is 3.76. The second kappa shape index (κ2) is 3.92. The van der Waals surface area contributed by atoms with Crippen molar-refractivity contribution in [2.75, 3.05) is 5.73 Å². The van der Waals surface area contributed by atoms with Crippen molar-refractivity contribution in [1.82, 2.24) is 0 Å². The van der Waals surface area contributed by atoms with E-state index in [9.17, 15) is 0 Å². The summed E-state index contributed by atoms with van der Waals surface area (Å²) in [5.41, 5.74) is 7.44. The van der Waals surface area contributed by atoms with Gasteiger partial charge >= 0.3 is 0 Å². The van der Waals surface area contributed by atoms with Crippen LogP contribution in [0.5, 0.6) is 0 Å². The quantitative estimate of drug-likeness (QED) is 0.763. The first-order chi connectivity index (χ1) is 5.59. The second-order valence-electron chi connectivity index (χ2n) is 2.91. The number of hydrogen-bond acceptors (Lipinski definition) is 2. The zero-order valence-electron chi connectivity index (χ0n) is 6.92. The average molecular weight is 230 g/mol. The Balaban J connectivity index is 2.82. The highest BCUT2D eigenvalue weighted by Crippen LogP contribution is 2.20. The van der Waals surface area contributed by atoms with E-state index in [1.54, 1.807) is 6.92 Å². The third-order valence-electron chi connectivity index (χ3n) is 1.59. The Morgan fingerprint density at radius 1 is 1.58 bits per heavy atom. The lowest BCUT2D eigenvalue weighted by Gasteiger charge is -2.05. The van der Waals surface area contributed by atoms with E-state index in [-0.39, 0.29) is 6.10 Å². The summed E-state index contributed by atoms with van der Waals surface area (Å²) in [5, 5.41) is 9.11. The largest absolute Gasteiger partial charge is 0.398 e. The SMILES string of the molecule is CC(O)Cc1ccc(Br)c(N)c1. The number of nitrogens with two attached hydrogens (primary N) is 1. The topological polar surface area (TPSA) is 46.2 Å². The molecule has 1 rings (SSSR count). The van der Waals surface area contributed by atoms with Crippen LogP contribution >= 0.6 is 15.9 Å². The van der Waals surface area contributed by atoms with Crippen LogP contribution in [0.4, 0.5) is 5.69 Å². The normalized spacial score (nSPS) is 12.9. The minimum absolute atomic E-state index is 0.314. The monoisotopic (exact) mass is 229 g/mol. The van der Waals surface area contributed by atoms with Gasteiger partial charge < -0.3 is 10.8 Å². The summed E-state index contributed by atoms with van der Waals surface area (Å²) in [4.78, 5) is 0. The summed E-state index contributed by atoms with van der Waals surface area (Å²) >= 11 is 3.31. The number of nitrogen functional groups attached to an aromatic ring is 1. The molecule has 0 amide bonds. The first-order valence-electron chi connectivity index (χ1n) is 3.81. The van der Waals surface area contributed by atoms with E-state index < -0.39 is 0 Å². The summed E-state index contributed by atoms with van der Waals surface area (Å²) in [6.45, 7) is 1.76. The standard InChI is InChI=1S/C9H12BrNO/c1-6(12)4-7-2-3-8(10)9(11)5-7/h2-3,5-6,12H,4,11H2,1H3. The molecule has 3 heteroatoms. The maximum atomic E-state index is 9.11. The maximum absolute atomic E-state index is 9.11. The van der Waals surface area contributed by atoms with Crippen LogP contribution in [-0.2, 0) is 6.42 Å². The van der Waals surface area contributed by atoms with Gasteiger partial charge in [0.2, 0.25) is 0 Å². The molecule has 1 unspecified atom stereocenters. The number of benzene rings is 1. The molecule has 3 N–H and O–H groups in total. The van der Waals surface area contributed by atoms with Gasteiger partial charge in [-0.25, -0.2) is 0 Å². The molecule has 0 spiro atoms. The summed E-state index contributed by atoms with van der Waals surface area (Å²) in [6, 6.07) is 5.72. The summed E-state index contributed by atoms with van der Waals surface area (Å²) in [7, 11) is 0. The van der Waals surface area contributed by atoms with Crippen molar-refractivity contribution < 1.29 is 5.11 Å². The van der Waals surface area contributed by atoms with Gasteiger partial charge in [0.1, 0.15) is 0 Å². The number of anilines is 1. The smallest absolute Gasteiger partial charge is 0.0552 e. The fraction of sp³-hybridized carbons (Fsp3) is 0.333. The number of aliphatic hydroxyl groups is 1. The lowest BCUT2D eigenvalue weighted by atomic mass is 10.1. The first kappa shape index (κ1) is 9.55. The highest BCUT2D eigenvalue weighted by atomic mass is 79.9. The zero-order valence-corrected chi connectivity index (χ0v) is 8.51. The molecule has 0 aliphatic carbocycles. The Labute approximate surface area is 80.5 Å². The molecule has 0 saturated carbocycles. The van der Waals surface area contributed by atoms with Gasteiger partial charge in [0.25, 0.3) is 0 Å². The van der Waals surface area contributed by atoms with Crippen LogP contribution in [0.25, 0.3) is 0 Å². The van der Waals surface area contributed by atoms with E-state index in [1.807, 2.05) is 18.2 Å². The van der Waals surface area contributed by atoms with Crippen LogP contribution in [0.2, 0.25) is 0 Å². The Morgan fingerprint density at radius 3 is 2.75 bits per heavy atom. The van der Waals surface area contributed by atoms with Crippen LogP contribution in [0.15, 0.2) is 22.7 Å². The van der Waals surface area contributed by atoms with Crippen LogP contribution in [-0.4, -0.2) is 11.2 Å². The molecule has 0 aliphatic rings. The van der Waals surface area contributed by atoms with Crippen molar-refractivity contribution in [3.05, 3.63) is 28.2 Å². The molecule has 0 aromatic heterocycles. The molecule has 0 heterocycles. The molecule has 0 saturated heterocycles. The number of hydrogen-bond donors (Lipinski definition) is 2. The molecule has 1 aromatic carbocycles. The summed E-state index contributed by atoms with van der Waals surface area (Å²) in [6.07, 6.45) is 0.336. The lowest BCUT2D eigenvalue weighted by molar-refractivity contribution is 0.195. The molecule has 66 valence electrons. The average Bonchev–Trinajstić information content (AvgIpc) is 1.96. The van der Waals surface area contributed by atoms with Gasteiger partial charge in [-0.2, -0.15) is 0 Å². The maximum Gasteiger partial charge on any atom is 0.0552 e. The van der Waals surface area contributed by atoms with E-state index in [2.05, 4.69) is 15.9 Å². The van der Waals surface area contributed by atoms with Gasteiger partial charge in [-0.1, -0.05) is 6.07 Å². The summed E-state index contributed by atoms with van der Waals surface area (Å²) < 4.78 is 0.900. The molecular weight excluding hydrogens is 218 g/mol. The molecular formula is C9H12BrNO. The van der Waals surface area contributed by atoms with Gasteiger partial charge in [0.15, 0.2) is 0 Å². The van der Waals surface area contributed by atoms with Crippen molar-refractivity contribution in [3.63, 3.8) is 0 Å². The van der Waals surface area contributed by atoms with E-state index in [1.165, 1.54) is 0 Å². The molecule has 12 heavy (non-hydrogen) atoms. The molecule has 0 aliphatic heterocycles. The Kier molecular flexibility index (Phi) is 3.12. The Bertz CT molecular complexity index is 273. The number of aliphatic hydroxyl groups excluding tert-OH is 1. The highest BCUT2D eigenvalue weighted by Gasteiger charge is 2.00. The fourth-order valence-electron chi connectivity index (χ4n) is 1.06. The van der Waals surface area contributed by atoms with Gasteiger partial charge in [0.05, 0.1) is 6.10 Å². The zero-order chi connectivity index (χ0) is 9.14. The van der Waals surface area contributed by atoms with E-state index in [0.717, 1.165) is 10.0 Å². The van der Waals surface area contributed by atoms with Gasteiger partial charge in [-0.05, 0) is 47.0 Å². The van der Waals surface area contributed by atoms with Crippen molar-refractivity contribution in [2.45, 2.75) is 19.4 Å². The van der Waals surface area contributed by atoms with Crippen molar-refractivity contribution in [1.29, 1.82) is 0 Å². The van der Waals surface area contributed by atoms with Gasteiger partial charge in [0, 0.05) is 10.2 Å². The minimum atomic E-state index is -0.314. The summed E-state index contributed by atoms with van der Waals surface area (Å²) in [5.74, 6) is 0. The van der Waals surface area contributed by atoms with Gasteiger partial charge in [-0.3, -0.25) is 0 Å². The van der Waals surface area contributed by atoms with Crippen molar-refractivity contribution in [3.8, 4) is 0 Å². The van der Waals surface area contributed by atoms with Crippen LogP contribution < -0.4 is 5.73 Å². The first-order valence-corrected chi connectivity index (χ1v) is 4.61. The predicted octanol–water partition coefficient (Wildman–Crippen LogP) is 1.95. The molecule has 0 radical (unpaired) electrons. The van der Waals surface area contributed by atoms with Gasteiger partial charge in [-0.15, -0.1) is 0 Å². The lowest BCUT2D eigenvalue weighted by Crippen LogP contribution is -2.04. The van der Waals surface area contributed by atoms with Crippen molar-refractivity contribution >= 4 is 21.6 Å². The molecule has 0 fully saturated rings. The Morgan fingerprint density at radius 2 is 2.25 bits per heavy atom. The molecule has 1 atom stereocenters. The van der Waals surface area contributed by atoms with Crippen molar-refractivity contribution in [2.24, 2.45) is 0 Å². The van der Waals surface area contributed by atoms with E-state index in [0.29, 0.717) is 12.1 Å². The molecule has 1 aromatic rings. The highest BCUT2D eigenvalue weighted by molar-refractivity contribution is 9.10. The van der Waals surface area contributed by atoms with E-state index in [4.69, 9.17) is 10.8 Å².